The molecule has 4 N–H and O–H groups in total. The number of aliphatic hydroxyl groups is 2. The Hall–Kier alpha value is -4.51. The van der Waals surface area contributed by atoms with E-state index in [1.165, 1.54) is 18.7 Å². The van der Waals surface area contributed by atoms with Gasteiger partial charge in [-0.25, -0.2) is 4.79 Å². The number of phenols is 1. The fourth-order valence-corrected chi connectivity index (χ4v) is 13.2. The number of nitrogens with one attached hydrogen (secondary N) is 1. The molecule has 8 aliphatic heterocycles. The van der Waals surface area contributed by atoms with Gasteiger partial charge in [0.15, 0.2) is 28.5 Å². The van der Waals surface area contributed by atoms with Gasteiger partial charge in [-0.2, -0.15) is 0 Å². The Bertz CT molecular complexity index is 2450. The Kier molecular flexibility index (Phi) is 7.52. The van der Waals surface area contributed by atoms with Crippen LogP contribution in [0.15, 0.2) is 34.7 Å². The minimum absolute atomic E-state index is 0.0537. The molecule has 2 bridgehead atoms. The average Bonchev–Trinajstić information content (AvgIpc) is 3.88. The van der Waals surface area contributed by atoms with Crippen molar-refractivity contribution in [3.8, 4) is 28.7 Å². The van der Waals surface area contributed by atoms with Gasteiger partial charge in [0.25, 0.3) is 0 Å². The summed E-state index contributed by atoms with van der Waals surface area (Å²) in [7, 11) is 1.55. The van der Waals surface area contributed by atoms with Crippen molar-refractivity contribution in [1.82, 2.24) is 15.1 Å². The second-order valence-corrected chi connectivity index (χ2v) is 17.7. The molecule has 15 heteroatoms. The summed E-state index contributed by atoms with van der Waals surface area (Å²) < 4.78 is 37.3. The normalized spacial score (nSPS) is 33.2. The number of hydrogen-bond donors (Lipinski definition) is 4. The second-order valence-electron chi connectivity index (χ2n) is 16.6. The van der Waals surface area contributed by atoms with E-state index in [2.05, 4.69) is 23.2 Å². The monoisotopic (exact) mass is 797 g/mol. The lowest BCUT2D eigenvalue weighted by Gasteiger charge is -2.67. The first kappa shape index (κ1) is 35.6. The number of para-hydroxylation sites is 1. The Morgan fingerprint density at radius 2 is 1.89 bits per heavy atom. The third kappa shape index (κ3) is 4.39. The molecule has 298 valence electrons. The summed E-state index contributed by atoms with van der Waals surface area (Å²) in [6, 6.07) is 7.06. The molecule has 57 heavy (non-hydrogen) atoms. The second kappa shape index (κ2) is 12.0. The number of carbonyl (C=O) groups is 2. The molecule has 0 amide bonds. The molecule has 12 rings (SSSR count). The van der Waals surface area contributed by atoms with Gasteiger partial charge in [0.05, 0.1) is 37.1 Å². The molecule has 3 aromatic carbocycles. The third-order valence-corrected chi connectivity index (χ3v) is 15.2. The van der Waals surface area contributed by atoms with E-state index in [-0.39, 0.29) is 37.6 Å². The van der Waals surface area contributed by atoms with Crippen LogP contribution in [0.1, 0.15) is 82.3 Å². The van der Waals surface area contributed by atoms with Crippen LogP contribution in [-0.4, -0.2) is 94.3 Å². The number of methoxy groups -OCH3 is 1. The largest absolute Gasteiger partial charge is 0.504 e. The van der Waals surface area contributed by atoms with Gasteiger partial charge >= 0.3 is 11.9 Å². The molecule has 8 aliphatic rings. The Labute approximate surface area is 331 Å². The van der Waals surface area contributed by atoms with Crippen LogP contribution in [0.2, 0.25) is 0 Å². The number of piperazine rings is 1. The van der Waals surface area contributed by atoms with Crippen molar-refractivity contribution in [3.05, 3.63) is 75.0 Å². The smallest absolute Gasteiger partial charge is 0.335 e. The number of rotatable bonds is 3. The highest BCUT2D eigenvalue weighted by molar-refractivity contribution is 7.99. The number of furan rings is 1. The van der Waals surface area contributed by atoms with E-state index in [9.17, 15) is 24.9 Å². The maximum Gasteiger partial charge on any atom is 0.335 e. The third-order valence-electron chi connectivity index (χ3n) is 13.7. The number of aliphatic hydroxyl groups excluding tert-OH is 2. The van der Waals surface area contributed by atoms with E-state index < -0.39 is 58.7 Å². The molecule has 1 aromatic heterocycles. The van der Waals surface area contributed by atoms with Gasteiger partial charge in [-0.3, -0.25) is 19.9 Å². The van der Waals surface area contributed by atoms with Crippen LogP contribution >= 0.6 is 11.8 Å². The van der Waals surface area contributed by atoms with Gasteiger partial charge in [0.2, 0.25) is 6.79 Å². The molecule has 0 aliphatic carbocycles. The van der Waals surface area contributed by atoms with E-state index in [0.717, 1.165) is 27.6 Å². The van der Waals surface area contributed by atoms with Crippen LogP contribution in [0.4, 0.5) is 0 Å². The summed E-state index contributed by atoms with van der Waals surface area (Å²) in [6.07, 6.45) is 0.0446. The number of esters is 2. The van der Waals surface area contributed by atoms with E-state index in [1.54, 1.807) is 7.11 Å². The number of benzene rings is 3. The van der Waals surface area contributed by atoms with Crippen LogP contribution in [0.25, 0.3) is 11.0 Å². The minimum atomic E-state index is -1.53. The van der Waals surface area contributed by atoms with Gasteiger partial charge in [0, 0.05) is 63.5 Å². The van der Waals surface area contributed by atoms with Gasteiger partial charge in [-0.15, -0.1) is 11.8 Å². The topological polar surface area (TPSA) is 173 Å². The highest BCUT2D eigenvalue weighted by atomic mass is 32.2. The number of phenolic OH excluding ortho intramolecular Hbond substituents is 1. The number of nitrogens with zero attached hydrogens (tertiary/aromatic N) is 2. The van der Waals surface area contributed by atoms with Crippen molar-refractivity contribution < 1.29 is 53.0 Å². The molecular weight excluding hydrogens is 755 g/mol. The van der Waals surface area contributed by atoms with Crippen molar-refractivity contribution in [3.63, 3.8) is 0 Å². The fraction of sp³-hybridized carbons (Fsp3) is 0.476. The van der Waals surface area contributed by atoms with Crippen LogP contribution in [0.5, 0.6) is 28.7 Å². The zero-order valence-electron chi connectivity index (χ0n) is 32.1. The van der Waals surface area contributed by atoms with Gasteiger partial charge in [0.1, 0.15) is 29.9 Å². The summed E-state index contributed by atoms with van der Waals surface area (Å²) >= 11 is 1.45. The van der Waals surface area contributed by atoms with Crippen molar-refractivity contribution in [2.75, 3.05) is 32.9 Å². The van der Waals surface area contributed by atoms with Crippen molar-refractivity contribution in [1.29, 1.82) is 0 Å². The predicted molar refractivity (Wildman–Crippen MR) is 204 cm³/mol. The van der Waals surface area contributed by atoms with Crippen LogP contribution < -0.4 is 24.3 Å². The fourth-order valence-electron chi connectivity index (χ4n) is 11.5. The molecule has 9 atom stereocenters. The molecule has 14 nitrogen and oxygen atoms in total. The number of aromatic hydroxyl groups is 1. The minimum Gasteiger partial charge on any atom is -0.504 e. The summed E-state index contributed by atoms with van der Waals surface area (Å²) in [5.74, 6) is 1.06. The molecule has 0 saturated carbocycles. The standard InChI is InChI=1S/C42H43N3O11S/c1-17-10-23-27(32(48)33(17)51-5)30-31-37-29-28(36-35(53-16-54-36)18(2)34(29)55-19(3)47)25(44(31)39(49)24-12-41(23,4)45(24)30)14-52-40(50)42(15-57-37)38-22(11-20(13-46)43-42)21-8-6-7-9-26(21)56-38/h6-10,20,24-25,30-31,37,39,43,46,48-49H,11-16H2,1-5H3/t20-,24-,25-,30+,31?,37+,39-,41?,42+/m0/s1. The molecular formula is C42H43N3O11S. The number of carbonyl (C=O) groups excluding carboxylic acids is 2. The molecule has 9 heterocycles. The zero-order valence-corrected chi connectivity index (χ0v) is 32.9. The van der Waals surface area contributed by atoms with Crippen LogP contribution in [-0.2, 0) is 31.8 Å². The molecule has 4 aromatic rings. The van der Waals surface area contributed by atoms with Crippen molar-refractivity contribution in [2.24, 2.45) is 0 Å². The lowest BCUT2D eigenvalue weighted by molar-refractivity contribution is -0.249. The lowest BCUT2D eigenvalue weighted by Crippen LogP contribution is -2.75. The molecule has 0 radical (unpaired) electrons. The predicted octanol–water partition coefficient (Wildman–Crippen LogP) is 4.25. The molecule has 1 spiro atoms. The number of fused-ring (bicyclic) bond motifs is 10. The van der Waals surface area contributed by atoms with Gasteiger partial charge in [-0.1, -0.05) is 18.2 Å². The highest BCUT2D eigenvalue weighted by Gasteiger charge is 2.71. The molecule has 2 unspecified atom stereocenters. The number of ether oxygens (including phenoxy) is 5. The number of hydrogen-bond acceptors (Lipinski definition) is 15. The molecule has 3 saturated heterocycles. The van der Waals surface area contributed by atoms with E-state index in [0.29, 0.717) is 63.9 Å². The van der Waals surface area contributed by atoms with E-state index >= 15 is 0 Å². The first-order valence-electron chi connectivity index (χ1n) is 19.4. The Morgan fingerprint density at radius 1 is 1.11 bits per heavy atom. The Morgan fingerprint density at radius 3 is 2.67 bits per heavy atom. The summed E-state index contributed by atoms with van der Waals surface area (Å²) in [5, 5.41) is 39.2. The van der Waals surface area contributed by atoms with E-state index in [4.69, 9.17) is 28.1 Å². The van der Waals surface area contributed by atoms with Gasteiger partial charge < -0.3 is 43.4 Å². The maximum absolute atomic E-state index is 14.9. The first-order chi connectivity index (χ1) is 27.4. The number of thioether (sulfide) groups is 1. The highest BCUT2D eigenvalue weighted by Crippen LogP contribution is 2.70. The van der Waals surface area contributed by atoms with Gasteiger partial charge in [-0.05, 0) is 56.9 Å². The summed E-state index contributed by atoms with van der Waals surface area (Å²) in [5.41, 5.74) is 3.82. The summed E-state index contributed by atoms with van der Waals surface area (Å²) in [6.45, 7) is 6.75. The van der Waals surface area contributed by atoms with Crippen molar-refractivity contribution >= 4 is 34.7 Å². The van der Waals surface area contributed by atoms with E-state index in [1.807, 2.05) is 43.0 Å². The van der Waals surface area contributed by atoms with Crippen LogP contribution in [0.3, 0.4) is 0 Å². The number of aryl methyl sites for hydroxylation is 1. The first-order valence-corrected chi connectivity index (χ1v) is 20.5. The SMILES string of the molecule is COc1c(C)cc2c(c1O)[C@@H]1C3[C@@H]4SC[C@]5(N[C@H](CO)Cc6c5oc5ccccc65)C(=O)OC[C@@H](c5c6c(c(C)c(OC(C)=O)c54)OCO6)N3[C@@H](O)[C@@H]3CC2(C)N13. The van der Waals surface area contributed by atoms with Crippen LogP contribution in [0, 0.1) is 13.8 Å². The summed E-state index contributed by atoms with van der Waals surface area (Å²) in [4.78, 5) is 32.3. The molecule has 3 fully saturated rings. The lowest BCUT2D eigenvalue weighted by atomic mass is 9.72. The zero-order chi connectivity index (χ0) is 39.4. The Balaban J connectivity index is 1.18. The quantitative estimate of drug-likeness (QED) is 0.171. The van der Waals surface area contributed by atoms with Crippen molar-refractivity contribution in [2.45, 2.75) is 93.3 Å². The maximum atomic E-state index is 14.9. The average molecular weight is 798 g/mol.